The second kappa shape index (κ2) is 6.70. The Kier molecular flexibility index (Phi) is 5.09. The van der Waals surface area contributed by atoms with Crippen LogP contribution in [0, 0.1) is 0 Å². The van der Waals surface area contributed by atoms with E-state index < -0.39 is 5.60 Å². The summed E-state index contributed by atoms with van der Waals surface area (Å²) < 4.78 is 5.39. The first kappa shape index (κ1) is 17.5. The van der Waals surface area contributed by atoms with E-state index in [-0.39, 0.29) is 28.9 Å². The molecule has 0 saturated carbocycles. The van der Waals surface area contributed by atoms with Gasteiger partial charge in [0.1, 0.15) is 16.4 Å². The number of carbonyl (C=O) groups is 2. The van der Waals surface area contributed by atoms with Crippen molar-refractivity contribution in [3.05, 3.63) is 23.2 Å². The molecule has 0 N–H and O–H groups in total. The third-order valence-corrected chi connectivity index (χ3v) is 3.58. The van der Waals surface area contributed by atoms with Gasteiger partial charge in [-0.15, -0.1) is 0 Å². The maximum Gasteiger partial charge on any atom is 0.410 e. The number of amides is 2. The maximum absolute atomic E-state index is 12.4. The Balaban J connectivity index is 1.99. The smallest absolute Gasteiger partial charge is 0.410 e. The summed E-state index contributed by atoms with van der Waals surface area (Å²) >= 11 is 5.68. The molecule has 8 heteroatoms. The molecule has 1 saturated heterocycles. The van der Waals surface area contributed by atoms with Gasteiger partial charge in [0.2, 0.25) is 0 Å². The second-order valence-electron chi connectivity index (χ2n) is 6.50. The Morgan fingerprint density at radius 3 is 2.48 bits per heavy atom. The number of hydrogen-bond donors (Lipinski definition) is 0. The van der Waals surface area contributed by atoms with Crippen molar-refractivity contribution in [2.75, 3.05) is 19.6 Å². The number of carbonyl (C=O) groups excluding carboxylic acids is 2. The summed E-state index contributed by atoms with van der Waals surface area (Å²) in [4.78, 5) is 35.7. The summed E-state index contributed by atoms with van der Waals surface area (Å²) in [6.07, 6.45) is 2.34. The van der Waals surface area contributed by atoms with E-state index in [2.05, 4.69) is 9.97 Å². The Hall–Kier alpha value is -1.89. The lowest BCUT2D eigenvalue weighted by Crippen LogP contribution is -2.56. The molecule has 0 bridgehead atoms. The zero-order valence-electron chi connectivity index (χ0n) is 13.7. The van der Waals surface area contributed by atoms with E-state index in [0.29, 0.717) is 19.6 Å². The monoisotopic (exact) mass is 340 g/mol. The lowest BCUT2D eigenvalue weighted by atomic mass is 10.2. The van der Waals surface area contributed by atoms with Gasteiger partial charge in [0.05, 0.1) is 12.4 Å². The number of aromatic nitrogens is 2. The van der Waals surface area contributed by atoms with E-state index in [1.54, 1.807) is 9.80 Å². The summed E-state index contributed by atoms with van der Waals surface area (Å²) in [6, 6.07) is -0.136. The normalized spacial score (nSPS) is 18.7. The summed E-state index contributed by atoms with van der Waals surface area (Å²) in [5.74, 6) is -0.218. The summed E-state index contributed by atoms with van der Waals surface area (Å²) in [5.41, 5.74) is -0.296. The predicted octanol–water partition coefficient (Wildman–Crippen LogP) is 2.21. The van der Waals surface area contributed by atoms with Gasteiger partial charge in [-0.05, 0) is 27.7 Å². The van der Waals surface area contributed by atoms with Crippen LogP contribution in [0.5, 0.6) is 0 Å². The molecule has 1 aromatic heterocycles. The number of rotatable bonds is 1. The molecule has 0 unspecified atom stereocenters. The molecular formula is C15H21ClN4O3. The third-order valence-electron chi connectivity index (χ3n) is 3.38. The zero-order chi connectivity index (χ0) is 17.2. The van der Waals surface area contributed by atoms with Gasteiger partial charge in [-0.2, -0.15) is 0 Å². The fraction of sp³-hybridized carbons (Fsp3) is 0.600. The molecule has 0 spiro atoms. The van der Waals surface area contributed by atoms with Crippen molar-refractivity contribution in [3.8, 4) is 0 Å². The summed E-state index contributed by atoms with van der Waals surface area (Å²) in [6.45, 7) is 8.63. The average molecular weight is 341 g/mol. The molecule has 2 rings (SSSR count). The first-order valence-corrected chi connectivity index (χ1v) is 7.81. The summed E-state index contributed by atoms with van der Waals surface area (Å²) in [7, 11) is 0. The van der Waals surface area contributed by atoms with E-state index in [9.17, 15) is 9.59 Å². The zero-order valence-corrected chi connectivity index (χ0v) is 14.5. The van der Waals surface area contributed by atoms with Crippen molar-refractivity contribution in [2.24, 2.45) is 0 Å². The Morgan fingerprint density at radius 1 is 1.26 bits per heavy atom. The molecule has 1 aliphatic rings. The standard InChI is InChI=1S/C15H21ClN4O3/c1-10-9-19(13(21)11-7-18-12(16)8-17-11)5-6-20(10)14(22)23-15(2,3)4/h7-8,10H,5-6,9H2,1-4H3/t10-/m1/s1. The lowest BCUT2D eigenvalue weighted by molar-refractivity contribution is 0.00189. The number of nitrogens with zero attached hydrogens (tertiary/aromatic N) is 4. The van der Waals surface area contributed by atoms with Crippen LogP contribution in [-0.4, -0.2) is 63.0 Å². The molecule has 2 amide bonds. The minimum absolute atomic E-state index is 0.136. The number of halogens is 1. The molecule has 0 radical (unpaired) electrons. The maximum atomic E-state index is 12.4. The quantitative estimate of drug-likeness (QED) is 0.783. The number of piperazine rings is 1. The largest absolute Gasteiger partial charge is 0.444 e. The van der Waals surface area contributed by atoms with Crippen LogP contribution in [-0.2, 0) is 4.74 Å². The van der Waals surface area contributed by atoms with E-state index in [4.69, 9.17) is 16.3 Å². The Labute approximate surface area is 140 Å². The van der Waals surface area contributed by atoms with Gasteiger partial charge in [0.15, 0.2) is 0 Å². The van der Waals surface area contributed by atoms with Crippen LogP contribution in [0.4, 0.5) is 4.79 Å². The van der Waals surface area contributed by atoms with Crippen molar-refractivity contribution in [1.29, 1.82) is 0 Å². The number of hydrogen-bond acceptors (Lipinski definition) is 5. The van der Waals surface area contributed by atoms with Crippen LogP contribution in [0.25, 0.3) is 0 Å². The summed E-state index contributed by atoms with van der Waals surface area (Å²) in [5, 5.41) is 0.240. The molecule has 1 fully saturated rings. The fourth-order valence-electron chi connectivity index (χ4n) is 2.32. The van der Waals surface area contributed by atoms with Crippen molar-refractivity contribution in [2.45, 2.75) is 39.3 Å². The van der Waals surface area contributed by atoms with Crippen LogP contribution < -0.4 is 0 Å². The second-order valence-corrected chi connectivity index (χ2v) is 6.89. The minimum Gasteiger partial charge on any atom is -0.444 e. The van der Waals surface area contributed by atoms with Gasteiger partial charge < -0.3 is 14.5 Å². The first-order valence-electron chi connectivity index (χ1n) is 7.44. The molecule has 0 aromatic carbocycles. The van der Waals surface area contributed by atoms with Gasteiger partial charge in [0.25, 0.3) is 5.91 Å². The molecule has 126 valence electrons. The van der Waals surface area contributed by atoms with Crippen molar-refractivity contribution >= 4 is 23.6 Å². The van der Waals surface area contributed by atoms with Gasteiger partial charge in [-0.1, -0.05) is 11.6 Å². The molecule has 1 aliphatic heterocycles. The first-order chi connectivity index (χ1) is 10.7. The average Bonchev–Trinajstić information content (AvgIpc) is 2.45. The van der Waals surface area contributed by atoms with Crippen molar-refractivity contribution in [3.63, 3.8) is 0 Å². The van der Waals surface area contributed by atoms with Crippen LogP contribution in [0.3, 0.4) is 0 Å². The van der Waals surface area contributed by atoms with Crippen molar-refractivity contribution < 1.29 is 14.3 Å². The van der Waals surface area contributed by atoms with Crippen LogP contribution >= 0.6 is 11.6 Å². The highest BCUT2D eigenvalue weighted by atomic mass is 35.5. The third kappa shape index (κ3) is 4.54. The van der Waals surface area contributed by atoms with Crippen LogP contribution in [0.1, 0.15) is 38.2 Å². The van der Waals surface area contributed by atoms with Gasteiger partial charge in [0, 0.05) is 25.7 Å². The van der Waals surface area contributed by atoms with E-state index >= 15 is 0 Å². The SMILES string of the molecule is C[C@@H]1CN(C(=O)c2cnc(Cl)cn2)CCN1C(=O)OC(C)(C)C. The lowest BCUT2D eigenvalue weighted by Gasteiger charge is -2.40. The fourth-order valence-corrected chi connectivity index (χ4v) is 2.42. The van der Waals surface area contributed by atoms with E-state index in [0.717, 1.165) is 0 Å². The number of ether oxygens (including phenoxy) is 1. The van der Waals surface area contributed by atoms with Crippen molar-refractivity contribution in [1.82, 2.24) is 19.8 Å². The molecule has 1 aromatic rings. The molecule has 0 aliphatic carbocycles. The molecule has 23 heavy (non-hydrogen) atoms. The topological polar surface area (TPSA) is 75.6 Å². The van der Waals surface area contributed by atoms with E-state index in [1.807, 2.05) is 27.7 Å². The van der Waals surface area contributed by atoms with Gasteiger partial charge >= 0.3 is 6.09 Å². The predicted molar refractivity (Wildman–Crippen MR) is 85.3 cm³/mol. The van der Waals surface area contributed by atoms with Gasteiger partial charge in [-0.25, -0.2) is 14.8 Å². The highest BCUT2D eigenvalue weighted by molar-refractivity contribution is 6.29. The molecule has 7 nitrogen and oxygen atoms in total. The highest BCUT2D eigenvalue weighted by Gasteiger charge is 2.33. The van der Waals surface area contributed by atoms with Crippen LogP contribution in [0.15, 0.2) is 12.4 Å². The molecule has 2 heterocycles. The highest BCUT2D eigenvalue weighted by Crippen LogP contribution is 2.17. The van der Waals surface area contributed by atoms with Gasteiger partial charge in [-0.3, -0.25) is 4.79 Å². The minimum atomic E-state index is -0.539. The van der Waals surface area contributed by atoms with Crippen LogP contribution in [0.2, 0.25) is 5.15 Å². The molecule has 1 atom stereocenters. The van der Waals surface area contributed by atoms with E-state index in [1.165, 1.54) is 12.4 Å². The Morgan fingerprint density at radius 2 is 1.96 bits per heavy atom. The molecular weight excluding hydrogens is 320 g/mol. The Bertz CT molecular complexity index is 585.